The number of hydrogen-bond acceptors (Lipinski definition) is 6. The van der Waals surface area contributed by atoms with E-state index in [-0.39, 0.29) is 42.0 Å². The number of fused-ring (bicyclic) bond motifs is 2. The maximum absolute atomic E-state index is 12.6. The van der Waals surface area contributed by atoms with Crippen LogP contribution in [0.2, 0.25) is 0 Å². The maximum atomic E-state index is 12.6. The molecule has 28 heavy (non-hydrogen) atoms. The second-order valence-electron chi connectivity index (χ2n) is 6.07. The van der Waals surface area contributed by atoms with Crippen LogP contribution in [0.3, 0.4) is 0 Å². The average Bonchev–Trinajstić information content (AvgIpc) is 2.95. The van der Waals surface area contributed by atoms with Gasteiger partial charge in [-0.3, -0.25) is 9.78 Å². The summed E-state index contributed by atoms with van der Waals surface area (Å²) in [6.45, 7) is 0.479. The van der Waals surface area contributed by atoms with Crippen LogP contribution < -0.4 is 5.32 Å². The van der Waals surface area contributed by atoms with Gasteiger partial charge in [-0.2, -0.15) is 17.5 Å². The fourth-order valence-electron chi connectivity index (χ4n) is 2.93. The van der Waals surface area contributed by atoms with Crippen LogP contribution >= 0.6 is 0 Å². The van der Waals surface area contributed by atoms with Crippen molar-refractivity contribution < 1.29 is 41.0 Å². The van der Waals surface area contributed by atoms with Crippen molar-refractivity contribution in [3.8, 4) is 0 Å². The third-order valence-electron chi connectivity index (χ3n) is 4.22. The Kier molecular flexibility index (Phi) is 6.62. The van der Waals surface area contributed by atoms with E-state index in [2.05, 4.69) is 10.3 Å². The summed E-state index contributed by atoms with van der Waals surface area (Å²) in [5, 5.41) is 9.73. The Labute approximate surface area is 158 Å². The molecule has 2 bridgehead atoms. The zero-order chi connectivity index (χ0) is 21.1. The monoisotopic (exact) mass is 425 g/mol. The number of sulfonamides is 1. The van der Waals surface area contributed by atoms with Crippen LogP contribution in [-0.2, 0) is 24.3 Å². The zero-order valence-corrected chi connectivity index (χ0v) is 15.4. The first-order valence-electron chi connectivity index (χ1n) is 8.04. The van der Waals surface area contributed by atoms with Crippen LogP contribution in [0.25, 0.3) is 0 Å². The number of aliphatic carboxylic acids is 1. The molecule has 1 amide bonds. The topological polar surface area (TPSA) is 126 Å². The Morgan fingerprint density at radius 3 is 2.50 bits per heavy atom. The molecule has 13 heteroatoms. The van der Waals surface area contributed by atoms with Gasteiger partial charge in [0.2, 0.25) is 15.9 Å². The van der Waals surface area contributed by atoms with Gasteiger partial charge in [-0.05, 0) is 18.6 Å². The molecule has 0 unspecified atom stereocenters. The Balaban J connectivity index is 0.000000345. The highest BCUT2D eigenvalue weighted by Gasteiger charge is 2.47. The van der Waals surface area contributed by atoms with Gasteiger partial charge < -0.3 is 15.2 Å². The number of amides is 1. The van der Waals surface area contributed by atoms with Crippen molar-refractivity contribution in [1.82, 2.24) is 14.6 Å². The van der Waals surface area contributed by atoms with Crippen LogP contribution in [0.4, 0.5) is 13.2 Å². The molecule has 0 aromatic carbocycles. The van der Waals surface area contributed by atoms with Crippen LogP contribution in [0, 0.1) is 5.92 Å². The number of nitrogens with one attached hydrogen (secondary N) is 1. The maximum Gasteiger partial charge on any atom is 0.490 e. The lowest BCUT2D eigenvalue weighted by atomic mass is 10.00. The standard InChI is InChI=1S/C13H17N3O4S.C2HF3O2/c1-14-13(17)11-5-9-7-16(8-12(11)20-9)21(18,19)10-3-2-4-15-6-10;3-2(4,5)1(6)7/h2-4,6,9,11-12H,5,7-8H2,1H3,(H,14,17);(H,6,7)/t9-,11+,12-;/m1./s1. The molecular formula is C15H18F3N3O6S. The molecule has 1 aromatic rings. The summed E-state index contributed by atoms with van der Waals surface area (Å²) in [4.78, 5) is 24.7. The molecule has 3 heterocycles. The number of hydrogen-bond donors (Lipinski definition) is 2. The fraction of sp³-hybridized carbons (Fsp3) is 0.533. The molecule has 2 N–H and O–H groups in total. The number of pyridine rings is 1. The molecule has 9 nitrogen and oxygen atoms in total. The Bertz CT molecular complexity index is 818. The summed E-state index contributed by atoms with van der Waals surface area (Å²) in [5.74, 6) is -3.13. The van der Waals surface area contributed by atoms with Gasteiger partial charge in [0, 0.05) is 32.5 Å². The summed E-state index contributed by atoms with van der Waals surface area (Å²) >= 11 is 0. The van der Waals surface area contributed by atoms with Crippen molar-refractivity contribution in [2.75, 3.05) is 20.1 Å². The van der Waals surface area contributed by atoms with E-state index in [0.717, 1.165) is 0 Å². The highest BCUT2D eigenvalue weighted by atomic mass is 32.2. The highest BCUT2D eigenvalue weighted by molar-refractivity contribution is 7.89. The molecule has 2 saturated heterocycles. The Hall–Kier alpha value is -2.25. The molecule has 1 aromatic heterocycles. The van der Waals surface area contributed by atoms with Gasteiger partial charge in [0.05, 0.1) is 18.1 Å². The third-order valence-corrected chi connectivity index (χ3v) is 6.04. The average molecular weight is 425 g/mol. The van der Waals surface area contributed by atoms with E-state index in [4.69, 9.17) is 14.6 Å². The number of nitrogens with zero attached hydrogens (tertiary/aromatic N) is 2. The largest absolute Gasteiger partial charge is 0.490 e. The van der Waals surface area contributed by atoms with Crippen LogP contribution in [0.1, 0.15) is 6.42 Å². The van der Waals surface area contributed by atoms with Crippen molar-refractivity contribution in [3.05, 3.63) is 24.5 Å². The van der Waals surface area contributed by atoms with Gasteiger partial charge in [0.1, 0.15) is 4.90 Å². The van der Waals surface area contributed by atoms with Gasteiger partial charge in [-0.25, -0.2) is 13.2 Å². The molecule has 0 spiro atoms. The van der Waals surface area contributed by atoms with E-state index in [0.29, 0.717) is 6.42 Å². The summed E-state index contributed by atoms with van der Waals surface area (Å²) in [6.07, 6.45) is -2.26. The van der Waals surface area contributed by atoms with Crippen molar-refractivity contribution in [1.29, 1.82) is 0 Å². The molecule has 0 radical (unpaired) electrons. The smallest absolute Gasteiger partial charge is 0.475 e. The zero-order valence-electron chi connectivity index (χ0n) is 14.6. The molecule has 2 aliphatic rings. The fourth-order valence-corrected chi connectivity index (χ4v) is 4.38. The number of halogens is 3. The number of carboxylic acid groups (broad SMARTS) is 1. The highest BCUT2D eigenvalue weighted by Crippen LogP contribution is 2.34. The molecule has 0 saturated carbocycles. The summed E-state index contributed by atoms with van der Waals surface area (Å²) in [7, 11) is -2.01. The lowest BCUT2D eigenvalue weighted by molar-refractivity contribution is -0.192. The molecule has 2 aliphatic heterocycles. The predicted molar refractivity (Wildman–Crippen MR) is 87.5 cm³/mol. The first-order chi connectivity index (χ1) is 13.0. The van der Waals surface area contributed by atoms with Gasteiger partial charge in [0.25, 0.3) is 0 Å². The first-order valence-corrected chi connectivity index (χ1v) is 9.48. The molecule has 3 rings (SSSR count). The minimum Gasteiger partial charge on any atom is -0.475 e. The number of alkyl halides is 3. The van der Waals surface area contributed by atoms with Crippen molar-refractivity contribution in [3.63, 3.8) is 0 Å². The van der Waals surface area contributed by atoms with Crippen molar-refractivity contribution in [2.45, 2.75) is 29.7 Å². The summed E-state index contributed by atoms with van der Waals surface area (Å²) in [5.41, 5.74) is 0. The number of rotatable bonds is 3. The summed E-state index contributed by atoms with van der Waals surface area (Å²) in [6, 6.07) is 3.12. The van der Waals surface area contributed by atoms with E-state index in [9.17, 15) is 26.4 Å². The number of carbonyl (C=O) groups is 2. The molecule has 0 aliphatic carbocycles. The normalized spacial score (nSPS) is 24.8. The minimum absolute atomic E-state index is 0.0943. The predicted octanol–water partition coefficient (Wildman–Crippen LogP) is 0.239. The van der Waals surface area contributed by atoms with Gasteiger partial charge >= 0.3 is 12.1 Å². The second-order valence-corrected chi connectivity index (χ2v) is 8.00. The minimum atomic E-state index is -5.08. The quantitative estimate of drug-likeness (QED) is 0.710. The number of ether oxygens (including phenoxy) is 1. The van der Waals surface area contributed by atoms with Crippen molar-refractivity contribution >= 4 is 21.9 Å². The number of morpholine rings is 1. The van der Waals surface area contributed by atoms with E-state index in [1.165, 1.54) is 22.8 Å². The summed E-state index contributed by atoms with van der Waals surface area (Å²) < 4.78 is 64.0. The van der Waals surface area contributed by atoms with Gasteiger partial charge in [-0.1, -0.05) is 0 Å². The van der Waals surface area contributed by atoms with E-state index in [1.807, 2.05) is 0 Å². The first kappa shape index (κ1) is 22.0. The molecule has 2 fully saturated rings. The van der Waals surface area contributed by atoms with Gasteiger partial charge in [0.15, 0.2) is 0 Å². The second kappa shape index (κ2) is 8.41. The van der Waals surface area contributed by atoms with Gasteiger partial charge in [-0.15, -0.1) is 0 Å². The lowest BCUT2D eigenvalue weighted by Crippen LogP contribution is -2.47. The Morgan fingerprint density at radius 1 is 1.36 bits per heavy atom. The van der Waals surface area contributed by atoms with Crippen LogP contribution in [0.5, 0.6) is 0 Å². The van der Waals surface area contributed by atoms with Crippen LogP contribution in [0.15, 0.2) is 29.4 Å². The van der Waals surface area contributed by atoms with Crippen molar-refractivity contribution in [2.24, 2.45) is 5.92 Å². The van der Waals surface area contributed by atoms with E-state index >= 15 is 0 Å². The lowest BCUT2D eigenvalue weighted by Gasteiger charge is -2.31. The number of aromatic nitrogens is 1. The van der Waals surface area contributed by atoms with E-state index in [1.54, 1.807) is 13.1 Å². The number of carboxylic acids is 1. The SMILES string of the molecule is CNC(=O)[C@H]1C[C@@H]2CN(S(=O)(=O)c3cccnc3)C[C@H]1O2.O=C(O)C(F)(F)F. The molecule has 156 valence electrons. The molecular weight excluding hydrogens is 407 g/mol. The molecule has 3 atom stereocenters. The van der Waals surface area contributed by atoms with E-state index < -0.39 is 22.2 Å². The van der Waals surface area contributed by atoms with Crippen LogP contribution in [-0.4, -0.2) is 73.2 Å². The number of carbonyl (C=O) groups excluding carboxylic acids is 1. The third kappa shape index (κ3) is 4.97. The Morgan fingerprint density at radius 2 is 2.00 bits per heavy atom.